The molecule has 0 aromatic heterocycles. The highest BCUT2D eigenvalue weighted by Crippen LogP contribution is 2.29. The van der Waals surface area contributed by atoms with Crippen molar-refractivity contribution in [2.75, 3.05) is 0 Å². The van der Waals surface area contributed by atoms with E-state index in [0.717, 1.165) is 30.3 Å². The molecule has 0 heterocycles. The Labute approximate surface area is 142 Å². The Balaban J connectivity index is 2.32. The fraction of sp³-hybridized carbons (Fsp3) is 0.0625. The summed E-state index contributed by atoms with van der Waals surface area (Å²) in [5.41, 5.74) is -0.0714. The first-order chi connectivity index (χ1) is 11.6. The summed E-state index contributed by atoms with van der Waals surface area (Å²) in [6.45, 7) is 1.29. The van der Waals surface area contributed by atoms with Crippen molar-refractivity contribution in [2.45, 2.75) is 11.8 Å². The van der Waals surface area contributed by atoms with Crippen LogP contribution in [0.2, 0.25) is 0 Å². The number of sulfonamides is 1. The van der Waals surface area contributed by atoms with E-state index in [-0.39, 0.29) is 21.8 Å². The number of benzene rings is 2. The number of aliphatic carboxylic acids is 1. The van der Waals surface area contributed by atoms with Gasteiger partial charge in [-0.2, -0.15) is 0 Å². The summed E-state index contributed by atoms with van der Waals surface area (Å²) in [6.07, 6.45) is 1.11. The fourth-order valence-corrected chi connectivity index (χ4v) is 2.40. The predicted molar refractivity (Wildman–Crippen MR) is 85.5 cm³/mol. The Hall–Kier alpha value is -2.78. The Kier molecular flexibility index (Phi) is 5.19. The number of carboxylic acid groups (broad SMARTS) is 1. The van der Waals surface area contributed by atoms with Crippen molar-refractivity contribution in [1.82, 2.24) is 0 Å². The Morgan fingerprint density at radius 2 is 1.68 bits per heavy atom. The molecule has 0 spiro atoms. The van der Waals surface area contributed by atoms with Crippen LogP contribution in [-0.4, -0.2) is 19.5 Å². The molecule has 0 fully saturated rings. The van der Waals surface area contributed by atoms with Gasteiger partial charge in [0.15, 0.2) is 17.4 Å². The second-order valence-corrected chi connectivity index (χ2v) is 6.63. The molecule has 2 aromatic rings. The summed E-state index contributed by atoms with van der Waals surface area (Å²) in [4.78, 5) is 10.6. The van der Waals surface area contributed by atoms with Crippen LogP contribution in [0.5, 0.6) is 11.5 Å². The van der Waals surface area contributed by atoms with Gasteiger partial charge in [-0.05, 0) is 55.0 Å². The molecule has 0 aliphatic heterocycles. The molecule has 0 saturated heterocycles. The number of rotatable bonds is 5. The molecule has 0 atom stereocenters. The van der Waals surface area contributed by atoms with Crippen LogP contribution in [0, 0.1) is 11.6 Å². The van der Waals surface area contributed by atoms with Crippen LogP contribution in [0.25, 0.3) is 6.08 Å². The largest absolute Gasteiger partial charge is 0.478 e. The van der Waals surface area contributed by atoms with Gasteiger partial charge in [0.1, 0.15) is 5.75 Å². The second-order valence-electron chi connectivity index (χ2n) is 5.06. The van der Waals surface area contributed by atoms with E-state index in [1.165, 1.54) is 19.1 Å². The lowest BCUT2D eigenvalue weighted by Gasteiger charge is -2.09. The number of primary sulfonamides is 1. The van der Waals surface area contributed by atoms with Crippen LogP contribution >= 0.6 is 0 Å². The Morgan fingerprint density at radius 3 is 2.12 bits per heavy atom. The maximum absolute atomic E-state index is 14.1. The van der Waals surface area contributed by atoms with E-state index >= 15 is 0 Å². The molecule has 2 aromatic carbocycles. The molecule has 6 nitrogen and oxygen atoms in total. The average Bonchev–Trinajstić information content (AvgIpc) is 2.50. The molecule has 3 N–H and O–H groups in total. The minimum Gasteiger partial charge on any atom is -0.478 e. The number of hydrogen-bond donors (Lipinski definition) is 2. The van der Waals surface area contributed by atoms with E-state index in [9.17, 15) is 22.0 Å². The van der Waals surface area contributed by atoms with E-state index < -0.39 is 33.4 Å². The number of carboxylic acids is 1. The highest BCUT2D eigenvalue weighted by Gasteiger charge is 2.15. The van der Waals surface area contributed by atoms with Crippen molar-refractivity contribution < 1.29 is 31.8 Å². The van der Waals surface area contributed by atoms with Gasteiger partial charge >= 0.3 is 5.97 Å². The lowest BCUT2D eigenvalue weighted by molar-refractivity contribution is -0.132. The third kappa shape index (κ3) is 4.61. The molecule has 0 unspecified atom stereocenters. The number of carbonyl (C=O) groups is 1. The van der Waals surface area contributed by atoms with Crippen molar-refractivity contribution in [3.63, 3.8) is 0 Å². The molecule has 0 bridgehead atoms. The number of ether oxygens (including phenoxy) is 1. The van der Waals surface area contributed by atoms with Crippen LogP contribution in [0.4, 0.5) is 8.78 Å². The van der Waals surface area contributed by atoms with E-state index in [1.807, 2.05) is 0 Å². The number of hydrogen-bond acceptors (Lipinski definition) is 4. The third-order valence-electron chi connectivity index (χ3n) is 3.11. The molecule has 0 amide bonds. The van der Waals surface area contributed by atoms with Gasteiger partial charge in [0, 0.05) is 5.57 Å². The van der Waals surface area contributed by atoms with Gasteiger partial charge in [0.2, 0.25) is 10.0 Å². The van der Waals surface area contributed by atoms with Crippen LogP contribution in [0.15, 0.2) is 46.9 Å². The topological polar surface area (TPSA) is 107 Å². The SMILES string of the molecule is CC(=Cc1cc(F)c(Oc2ccc(S(N)(=O)=O)cc2)c(F)c1)C(=O)O. The van der Waals surface area contributed by atoms with Crippen molar-refractivity contribution in [3.8, 4) is 11.5 Å². The minimum atomic E-state index is -3.89. The van der Waals surface area contributed by atoms with Gasteiger partial charge in [-0.25, -0.2) is 27.1 Å². The maximum Gasteiger partial charge on any atom is 0.331 e. The first-order valence-electron chi connectivity index (χ1n) is 6.79. The van der Waals surface area contributed by atoms with Crippen molar-refractivity contribution >= 4 is 22.1 Å². The summed E-state index contributed by atoms with van der Waals surface area (Å²) in [5, 5.41) is 13.7. The molecule has 0 radical (unpaired) electrons. The Morgan fingerprint density at radius 1 is 1.16 bits per heavy atom. The fourth-order valence-electron chi connectivity index (χ4n) is 1.89. The monoisotopic (exact) mass is 369 g/mol. The van der Waals surface area contributed by atoms with Gasteiger partial charge < -0.3 is 9.84 Å². The number of nitrogens with two attached hydrogens (primary N) is 1. The van der Waals surface area contributed by atoms with Crippen LogP contribution in [0.1, 0.15) is 12.5 Å². The van der Waals surface area contributed by atoms with Gasteiger partial charge in [0.05, 0.1) is 4.90 Å². The summed E-state index contributed by atoms with van der Waals surface area (Å²) < 4.78 is 55.5. The average molecular weight is 369 g/mol. The first kappa shape index (κ1) is 18.6. The third-order valence-corrected chi connectivity index (χ3v) is 4.04. The van der Waals surface area contributed by atoms with Crippen molar-refractivity contribution in [2.24, 2.45) is 5.14 Å². The maximum atomic E-state index is 14.1. The summed E-state index contributed by atoms with van der Waals surface area (Å²) in [5.74, 6) is -4.00. The summed E-state index contributed by atoms with van der Waals surface area (Å²) >= 11 is 0. The molecule has 25 heavy (non-hydrogen) atoms. The van der Waals surface area contributed by atoms with Gasteiger partial charge in [-0.15, -0.1) is 0 Å². The van der Waals surface area contributed by atoms with Gasteiger partial charge in [-0.1, -0.05) is 0 Å². The van der Waals surface area contributed by atoms with E-state index in [1.54, 1.807) is 0 Å². The van der Waals surface area contributed by atoms with Crippen molar-refractivity contribution in [1.29, 1.82) is 0 Å². The smallest absolute Gasteiger partial charge is 0.331 e. The lowest BCUT2D eigenvalue weighted by Crippen LogP contribution is -2.11. The number of halogens is 2. The quantitative estimate of drug-likeness (QED) is 0.788. The molecule has 0 aliphatic rings. The standard InChI is InChI=1S/C16H13F2NO5S/c1-9(16(20)21)6-10-7-13(17)15(14(18)8-10)24-11-2-4-12(5-3-11)25(19,22)23/h2-8H,1H3,(H,20,21)(H2,19,22,23). The van der Waals surface area contributed by atoms with Crippen LogP contribution in [-0.2, 0) is 14.8 Å². The zero-order valence-corrected chi connectivity index (χ0v) is 13.7. The highest BCUT2D eigenvalue weighted by atomic mass is 32.2. The second kappa shape index (κ2) is 6.99. The molecular weight excluding hydrogens is 356 g/mol. The zero-order chi connectivity index (χ0) is 18.8. The zero-order valence-electron chi connectivity index (χ0n) is 12.9. The normalized spacial score (nSPS) is 12.1. The van der Waals surface area contributed by atoms with Crippen molar-refractivity contribution in [3.05, 3.63) is 59.2 Å². The molecule has 132 valence electrons. The molecule has 0 aliphatic carbocycles. The first-order valence-corrected chi connectivity index (χ1v) is 8.34. The summed E-state index contributed by atoms with van der Waals surface area (Å²) in [6, 6.07) is 6.50. The molecule has 2 rings (SSSR count). The van der Waals surface area contributed by atoms with Gasteiger partial charge in [0.25, 0.3) is 0 Å². The lowest BCUT2D eigenvalue weighted by atomic mass is 10.1. The van der Waals surface area contributed by atoms with Gasteiger partial charge in [-0.3, -0.25) is 0 Å². The van der Waals surface area contributed by atoms with E-state index in [0.29, 0.717) is 0 Å². The Bertz CT molecular complexity index is 930. The molecule has 9 heteroatoms. The highest BCUT2D eigenvalue weighted by molar-refractivity contribution is 7.89. The van der Waals surface area contributed by atoms with E-state index in [2.05, 4.69) is 0 Å². The molecule has 0 saturated carbocycles. The summed E-state index contributed by atoms with van der Waals surface area (Å²) in [7, 11) is -3.89. The van der Waals surface area contributed by atoms with Crippen LogP contribution in [0.3, 0.4) is 0 Å². The molecular formula is C16H13F2NO5S. The predicted octanol–water partition coefficient (Wildman–Crippen LogP) is 2.89. The minimum absolute atomic E-state index is 0.00444. The van der Waals surface area contributed by atoms with Crippen LogP contribution < -0.4 is 9.88 Å². The van der Waals surface area contributed by atoms with E-state index in [4.69, 9.17) is 15.0 Å².